The number of rotatable bonds is 3. The van der Waals surface area contributed by atoms with Gasteiger partial charge in [-0.3, -0.25) is 0 Å². The highest BCUT2D eigenvalue weighted by atomic mass is 15.0. The standard InChI is InChI=1S/C23H25N2/c1-15(2)12-17-9-7-11-19-20(17)13-21-23(19)24-14-22(25(21)4)18-10-6-5-8-16(18)3/h5-11,14-15H,12-13H2,1-4H3/q+1. The molecule has 0 spiro atoms. The van der Waals surface area contributed by atoms with Crippen molar-refractivity contribution in [1.82, 2.24) is 4.98 Å². The second-order valence-electron chi connectivity index (χ2n) is 7.53. The zero-order valence-electron chi connectivity index (χ0n) is 15.5. The van der Waals surface area contributed by atoms with Crippen LogP contribution in [0.3, 0.4) is 0 Å². The molecule has 1 aliphatic carbocycles. The molecule has 2 heteroatoms. The predicted molar refractivity (Wildman–Crippen MR) is 102 cm³/mol. The molecule has 0 unspecified atom stereocenters. The van der Waals surface area contributed by atoms with Crippen molar-refractivity contribution < 1.29 is 4.57 Å². The first kappa shape index (κ1) is 16.0. The molecular weight excluding hydrogens is 304 g/mol. The summed E-state index contributed by atoms with van der Waals surface area (Å²) in [5.41, 5.74) is 10.5. The third kappa shape index (κ3) is 2.66. The Morgan fingerprint density at radius 2 is 1.80 bits per heavy atom. The highest BCUT2D eigenvalue weighted by molar-refractivity contribution is 5.73. The highest BCUT2D eigenvalue weighted by Gasteiger charge is 2.31. The average Bonchev–Trinajstić information content (AvgIpc) is 2.97. The van der Waals surface area contributed by atoms with Gasteiger partial charge in [-0.1, -0.05) is 50.2 Å². The molecule has 3 aromatic rings. The van der Waals surface area contributed by atoms with Gasteiger partial charge in [-0.15, -0.1) is 0 Å². The molecule has 25 heavy (non-hydrogen) atoms. The normalized spacial score (nSPS) is 12.4. The first-order valence-electron chi connectivity index (χ1n) is 9.11. The SMILES string of the molecule is Cc1ccccc1-c1cnc2c([n+]1C)Cc1c(CC(C)C)cccc1-2. The van der Waals surface area contributed by atoms with E-state index in [1.165, 1.54) is 39.2 Å². The molecule has 1 heterocycles. The third-order valence-corrected chi connectivity index (χ3v) is 5.28. The van der Waals surface area contributed by atoms with Crippen LogP contribution in [0.5, 0.6) is 0 Å². The lowest BCUT2D eigenvalue weighted by molar-refractivity contribution is -0.667. The molecular formula is C23H25N2+. The number of aromatic nitrogens is 2. The summed E-state index contributed by atoms with van der Waals surface area (Å²) in [5.74, 6) is 0.666. The molecule has 1 aliphatic rings. The van der Waals surface area contributed by atoms with E-state index in [1.807, 2.05) is 6.20 Å². The Labute approximate surface area is 150 Å². The van der Waals surface area contributed by atoms with Gasteiger partial charge < -0.3 is 0 Å². The van der Waals surface area contributed by atoms with E-state index >= 15 is 0 Å². The minimum absolute atomic E-state index is 0.666. The molecule has 0 saturated heterocycles. The van der Waals surface area contributed by atoms with Crippen molar-refractivity contribution in [3.8, 4) is 22.5 Å². The average molecular weight is 329 g/mol. The second kappa shape index (κ2) is 6.11. The van der Waals surface area contributed by atoms with Crippen LogP contribution >= 0.6 is 0 Å². The molecule has 0 saturated carbocycles. The number of hydrogen-bond acceptors (Lipinski definition) is 1. The fourth-order valence-corrected chi connectivity index (χ4v) is 3.99. The fourth-order valence-electron chi connectivity index (χ4n) is 3.99. The van der Waals surface area contributed by atoms with Gasteiger partial charge in [0.1, 0.15) is 18.9 Å². The largest absolute Gasteiger partial charge is 0.243 e. The highest BCUT2D eigenvalue weighted by Crippen LogP contribution is 2.36. The second-order valence-corrected chi connectivity index (χ2v) is 7.53. The maximum atomic E-state index is 4.88. The molecule has 0 fully saturated rings. The number of hydrogen-bond donors (Lipinski definition) is 0. The van der Waals surface area contributed by atoms with Gasteiger partial charge in [0.05, 0.1) is 12.0 Å². The maximum absolute atomic E-state index is 4.88. The van der Waals surface area contributed by atoms with Crippen LogP contribution in [0.2, 0.25) is 0 Å². The lowest BCUT2D eigenvalue weighted by atomic mass is 9.95. The van der Waals surface area contributed by atoms with Crippen LogP contribution < -0.4 is 4.57 Å². The van der Waals surface area contributed by atoms with Crippen molar-refractivity contribution in [3.63, 3.8) is 0 Å². The Kier molecular flexibility index (Phi) is 3.91. The van der Waals surface area contributed by atoms with E-state index in [1.54, 1.807) is 0 Å². The molecule has 0 aliphatic heterocycles. The molecule has 0 bridgehead atoms. The van der Waals surface area contributed by atoms with Crippen LogP contribution in [0.25, 0.3) is 22.5 Å². The first-order valence-corrected chi connectivity index (χ1v) is 9.11. The minimum atomic E-state index is 0.666. The summed E-state index contributed by atoms with van der Waals surface area (Å²) >= 11 is 0. The van der Waals surface area contributed by atoms with Crippen molar-refractivity contribution in [2.45, 2.75) is 33.6 Å². The summed E-state index contributed by atoms with van der Waals surface area (Å²) in [6.07, 6.45) is 4.15. The lowest BCUT2D eigenvalue weighted by Crippen LogP contribution is -2.36. The van der Waals surface area contributed by atoms with Crippen molar-refractivity contribution >= 4 is 0 Å². The van der Waals surface area contributed by atoms with Gasteiger partial charge >= 0.3 is 0 Å². The topological polar surface area (TPSA) is 16.8 Å². The summed E-state index contributed by atoms with van der Waals surface area (Å²) in [5, 5.41) is 0. The van der Waals surface area contributed by atoms with Crippen molar-refractivity contribution in [2.24, 2.45) is 13.0 Å². The number of aryl methyl sites for hydroxylation is 1. The molecule has 0 amide bonds. The van der Waals surface area contributed by atoms with E-state index in [0.29, 0.717) is 5.92 Å². The van der Waals surface area contributed by atoms with Crippen molar-refractivity contribution in [1.29, 1.82) is 0 Å². The van der Waals surface area contributed by atoms with Crippen molar-refractivity contribution in [3.05, 3.63) is 71.0 Å². The predicted octanol–water partition coefficient (Wildman–Crippen LogP) is 4.65. The van der Waals surface area contributed by atoms with E-state index in [0.717, 1.165) is 18.5 Å². The summed E-state index contributed by atoms with van der Waals surface area (Å²) in [6, 6.07) is 15.2. The number of nitrogens with zero attached hydrogens (tertiary/aromatic N) is 2. The Balaban J connectivity index is 1.84. The van der Waals surface area contributed by atoms with E-state index < -0.39 is 0 Å². The summed E-state index contributed by atoms with van der Waals surface area (Å²) in [6.45, 7) is 6.74. The lowest BCUT2D eigenvalue weighted by Gasteiger charge is -2.09. The van der Waals surface area contributed by atoms with Gasteiger partial charge in [0.2, 0.25) is 11.4 Å². The molecule has 2 nitrogen and oxygen atoms in total. The summed E-state index contributed by atoms with van der Waals surface area (Å²) in [7, 11) is 2.18. The van der Waals surface area contributed by atoms with Crippen LogP contribution in [-0.4, -0.2) is 4.98 Å². The van der Waals surface area contributed by atoms with Crippen LogP contribution in [0.1, 0.15) is 36.2 Å². The van der Waals surface area contributed by atoms with E-state index in [-0.39, 0.29) is 0 Å². The number of benzene rings is 2. The zero-order valence-corrected chi connectivity index (χ0v) is 15.5. The summed E-state index contributed by atoms with van der Waals surface area (Å²) in [4.78, 5) is 4.88. The smallest absolute Gasteiger partial charge is 0.231 e. The fraction of sp³-hybridized carbons (Fsp3) is 0.304. The Bertz CT molecular complexity index is 954. The van der Waals surface area contributed by atoms with Gasteiger partial charge in [-0.25, -0.2) is 4.98 Å². The van der Waals surface area contributed by atoms with E-state index in [9.17, 15) is 0 Å². The van der Waals surface area contributed by atoms with Crippen molar-refractivity contribution in [2.75, 3.05) is 0 Å². The maximum Gasteiger partial charge on any atom is 0.231 e. The van der Waals surface area contributed by atoms with Crippen LogP contribution in [0, 0.1) is 12.8 Å². The molecule has 0 atom stereocenters. The van der Waals surface area contributed by atoms with Gasteiger partial charge in [-0.05, 0) is 42.0 Å². The number of fused-ring (bicyclic) bond motifs is 3. The quantitative estimate of drug-likeness (QED) is 0.500. The molecule has 4 rings (SSSR count). The Hall–Kier alpha value is -2.48. The minimum Gasteiger partial charge on any atom is -0.243 e. The first-order chi connectivity index (χ1) is 12.1. The molecule has 0 radical (unpaired) electrons. The Morgan fingerprint density at radius 3 is 2.56 bits per heavy atom. The van der Waals surface area contributed by atoms with Crippen LogP contribution in [0.4, 0.5) is 0 Å². The monoisotopic (exact) mass is 329 g/mol. The van der Waals surface area contributed by atoms with E-state index in [4.69, 9.17) is 4.98 Å². The van der Waals surface area contributed by atoms with Gasteiger partial charge in [0, 0.05) is 5.56 Å². The van der Waals surface area contributed by atoms with Gasteiger partial charge in [0.25, 0.3) is 0 Å². The Morgan fingerprint density at radius 1 is 1.04 bits per heavy atom. The van der Waals surface area contributed by atoms with E-state index in [2.05, 4.69) is 74.9 Å². The molecule has 1 aromatic heterocycles. The third-order valence-electron chi connectivity index (χ3n) is 5.28. The summed E-state index contributed by atoms with van der Waals surface area (Å²) < 4.78 is 2.34. The molecule has 126 valence electrons. The van der Waals surface area contributed by atoms with Crippen LogP contribution in [0.15, 0.2) is 48.7 Å². The molecule has 0 N–H and O–H groups in total. The van der Waals surface area contributed by atoms with Crippen LogP contribution in [-0.2, 0) is 19.9 Å². The zero-order chi connectivity index (χ0) is 17.6. The van der Waals surface area contributed by atoms with Gasteiger partial charge in [0.15, 0.2) is 0 Å². The van der Waals surface area contributed by atoms with Gasteiger partial charge in [-0.2, -0.15) is 4.57 Å². The molecule has 2 aromatic carbocycles.